The summed E-state index contributed by atoms with van der Waals surface area (Å²) in [5, 5.41) is 4.66. The lowest BCUT2D eigenvalue weighted by Crippen LogP contribution is -2.22. The lowest BCUT2D eigenvalue weighted by atomic mass is 9.90. The normalized spacial score (nSPS) is 21.5. The number of ether oxygens (including phenoxy) is 1. The molecule has 2 aromatic heterocycles. The predicted octanol–water partition coefficient (Wildman–Crippen LogP) is 2.78. The molecule has 130 valence electrons. The van der Waals surface area contributed by atoms with Crippen LogP contribution < -0.4 is 0 Å². The first-order valence-electron chi connectivity index (χ1n) is 8.78. The number of pyridine rings is 1. The molecule has 0 radical (unpaired) electrons. The molecular weight excluding hydrogens is 300 g/mol. The summed E-state index contributed by atoms with van der Waals surface area (Å²) in [5.74, 6) is 1.04. The van der Waals surface area contributed by atoms with Crippen LogP contribution in [0, 0.1) is 19.8 Å². The molecule has 0 amide bonds. The molecule has 0 N–H and O–H groups in total. The van der Waals surface area contributed by atoms with Gasteiger partial charge in [-0.15, -0.1) is 0 Å². The second-order valence-electron chi connectivity index (χ2n) is 6.76. The molecule has 1 aliphatic rings. The van der Waals surface area contributed by atoms with Crippen molar-refractivity contribution >= 4 is 0 Å². The molecule has 3 rings (SSSR count). The molecule has 1 saturated heterocycles. The minimum absolute atomic E-state index is 0.509. The van der Waals surface area contributed by atoms with Crippen molar-refractivity contribution < 1.29 is 4.74 Å². The standard InChI is InChI=1S/C19H28N4O/c1-5-23-15(3)18(14(2)21-23)11-22-10-17(13-24-4)19(12-22)16-6-8-20-9-7-16/h6-9,17,19H,5,10-13H2,1-4H3/t17-,19-/m0/s1. The number of aromatic nitrogens is 3. The van der Waals surface area contributed by atoms with Crippen LogP contribution in [0.15, 0.2) is 24.5 Å². The van der Waals surface area contributed by atoms with Gasteiger partial charge in [-0.05, 0) is 38.5 Å². The molecule has 5 nitrogen and oxygen atoms in total. The van der Waals surface area contributed by atoms with Crippen molar-refractivity contribution in [3.8, 4) is 0 Å². The van der Waals surface area contributed by atoms with Gasteiger partial charge in [0.2, 0.25) is 0 Å². The van der Waals surface area contributed by atoms with E-state index in [-0.39, 0.29) is 0 Å². The van der Waals surface area contributed by atoms with E-state index in [2.05, 4.69) is 52.6 Å². The zero-order valence-electron chi connectivity index (χ0n) is 15.2. The minimum Gasteiger partial charge on any atom is -0.384 e. The van der Waals surface area contributed by atoms with E-state index >= 15 is 0 Å². The Morgan fingerprint density at radius 2 is 1.96 bits per heavy atom. The Morgan fingerprint density at radius 3 is 2.58 bits per heavy atom. The third-order valence-electron chi connectivity index (χ3n) is 5.24. The highest BCUT2D eigenvalue weighted by molar-refractivity contribution is 5.25. The van der Waals surface area contributed by atoms with Crippen LogP contribution in [0.25, 0.3) is 0 Å². The highest BCUT2D eigenvalue weighted by Crippen LogP contribution is 2.34. The van der Waals surface area contributed by atoms with Crippen LogP contribution >= 0.6 is 0 Å². The van der Waals surface area contributed by atoms with E-state index in [1.54, 1.807) is 7.11 Å². The van der Waals surface area contributed by atoms with E-state index < -0.39 is 0 Å². The topological polar surface area (TPSA) is 43.2 Å². The molecule has 0 bridgehead atoms. The molecule has 0 saturated carbocycles. The molecule has 0 aromatic carbocycles. The third-order valence-corrected chi connectivity index (χ3v) is 5.24. The molecule has 0 aliphatic carbocycles. The Labute approximate surface area is 144 Å². The van der Waals surface area contributed by atoms with Crippen LogP contribution in [-0.4, -0.2) is 46.5 Å². The van der Waals surface area contributed by atoms with Gasteiger partial charge in [0, 0.05) is 68.8 Å². The van der Waals surface area contributed by atoms with Crippen molar-refractivity contribution in [3.05, 3.63) is 47.0 Å². The summed E-state index contributed by atoms with van der Waals surface area (Å²) < 4.78 is 7.59. The van der Waals surface area contributed by atoms with Gasteiger partial charge in [-0.3, -0.25) is 14.6 Å². The quantitative estimate of drug-likeness (QED) is 0.818. The summed E-state index contributed by atoms with van der Waals surface area (Å²) in [4.78, 5) is 6.70. The van der Waals surface area contributed by atoms with Gasteiger partial charge in [0.25, 0.3) is 0 Å². The summed E-state index contributed by atoms with van der Waals surface area (Å²) in [6.07, 6.45) is 3.78. The monoisotopic (exact) mass is 328 g/mol. The summed E-state index contributed by atoms with van der Waals surface area (Å²) >= 11 is 0. The Hall–Kier alpha value is -1.72. The van der Waals surface area contributed by atoms with Gasteiger partial charge in [0.1, 0.15) is 0 Å². The fraction of sp³-hybridized carbons (Fsp3) is 0.579. The van der Waals surface area contributed by atoms with Gasteiger partial charge in [0.05, 0.1) is 12.3 Å². The van der Waals surface area contributed by atoms with E-state index in [1.165, 1.54) is 16.8 Å². The van der Waals surface area contributed by atoms with Gasteiger partial charge in [-0.2, -0.15) is 5.10 Å². The number of nitrogens with zero attached hydrogens (tertiary/aromatic N) is 4. The lowest BCUT2D eigenvalue weighted by molar-refractivity contribution is 0.147. The van der Waals surface area contributed by atoms with E-state index in [9.17, 15) is 0 Å². The molecule has 2 atom stereocenters. The largest absolute Gasteiger partial charge is 0.384 e. The first-order chi connectivity index (χ1) is 11.6. The fourth-order valence-corrected chi connectivity index (χ4v) is 3.96. The van der Waals surface area contributed by atoms with Crippen molar-refractivity contribution in [2.24, 2.45) is 5.92 Å². The molecule has 0 spiro atoms. The van der Waals surface area contributed by atoms with E-state index in [0.29, 0.717) is 11.8 Å². The molecular formula is C19H28N4O. The first-order valence-corrected chi connectivity index (χ1v) is 8.78. The van der Waals surface area contributed by atoms with Crippen LogP contribution in [0.1, 0.15) is 35.4 Å². The van der Waals surface area contributed by atoms with E-state index in [0.717, 1.165) is 38.5 Å². The van der Waals surface area contributed by atoms with Crippen LogP contribution in [0.3, 0.4) is 0 Å². The molecule has 2 aromatic rings. The Kier molecular flexibility index (Phi) is 5.31. The number of methoxy groups -OCH3 is 1. The maximum atomic E-state index is 5.49. The first kappa shape index (κ1) is 17.1. The SMILES string of the molecule is CCn1nc(C)c(CN2C[C@@H](COC)[C@H](c3ccncc3)C2)c1C. The van der Waals surface area contributed by atoms with Gasteiger partial charge < -0.3 is 4.74 Å². The number of likely N-dealkylation sites (tertiary alicyclic amines) is 1. The van der Waals surface area contributed by atoms with Crippen LogP contribution in [0.4, 0.5) is 0 Å². The maximum absolute atomic E-state index is 5.49. The molecule has 0 unspecified atom stereocenters. The van der Waals surface area contributed by atoms with Crippen LogP contribution in [-0.2, 0) is 17.8 Å². The summed E-state index contributed by atoms with van der Waals surface area (Å²) in [7, 11) is 1.80. The zero-order chi connectivity index (χ0) is 17.1. The maximum Gasteiger partial charge on any atom is 0.0641 e. The third kappa shape index (κ3) is 3.37. The highest BCUT2D eigenvalue weighted by Gasteiger charge is 2.34. The summed E-state index contributed by atoms with van der Waals surface area (Å²) in [5.41, 5.74) is 5.20. The number of rotatable bonds is 6. The molecule has 3 heterocycles. The second-order valence-corrected chi connectivity index (χ2v) is 6.76. The van der Waals surface area contributed by atoms with Crippen LogP contribution in [0.5, 0.6) is 0 Å². The Morgan fingerprint density at radius 1 is 1.21 bits per heavy atom. The average molecular weight is 328 g/mol. The van der Waals surface area contributed by atoms with E-state index in [1.807, 2.05) is 12.4 Å². The van der Waals surface area contributed by atoms with Gasteiger partial charge >= 0.3 is 0 Å². The second kappa shape index (κ2) is 7.45. The summed E-state index contributed by atoms with van der Waals surface area (Å²) in [6, 6.07) is 4.28. The highest BCUT2D eigenvalue weighted by atomic mass is 16.5. The van der Waals surface area contributed by atoms with Crippen molar-refractivity contribution in [1.82, 2.24) is 19.7 Å². The number of hydrogen-bond acceptors (Lipinski definition) is 4. The van der Waals surface area contributed by atoms with Crippen LogP contribution in [0.2, 0.25) is 0 Å². The van der Waals surface area contributed by atoms with Crippen molar-refractivity contribution in [2.75, 3.05) is 26.8 Å². The zero-order valence-corrected chi connectivity index (χ0v) is 15.2. The molecule has 1 fully saturated rings. The lowest BCUT2D eigenvalue weighted by Gasteiger charge is -2.17. The number of aryl methyl sites for hydroxylation is 2. The van der Waals surface area contributed by atoms with Gasteiger partial charge in [-0.25, -0.2) is 0 Å². The van der Waals surface area contributed by atoms with Crippen molar-refractivity contribution in [2.45, 2.75) is 39.8 Å². The number of hydrogen-bond donors (Lipinski definition) is 0. The summed E-state index contributed by atoms with van der Waals surface area (Å²) in [6.45, 7) is 11.3. The Bertz CT molecular complexity index is 668. The van der Waals surface area contributed by atoms with E-state index in [4.69, 9.17) is 4.74 Å². The van der Waals surface area contributed by atoms with Crippen molar-refractivity contribution in [1.29, 1.82) is 0 Å². The van der Waals surface area contributed by atoms with Crippen molar-refractivity contribution in [3.63, 3.8) is 0 Å². The predicted molar refractivity (Wildman–Crippen MR) is 95.0 cm³/mol. The average Bonchev–Trinajstić information content (AvgIpc) is 3.12. The molecule has 5 heteroatoms. The van der Waals surface area contributed by atoms with Gasteiger partial charge in [0.15, 0.2) is 0 Å². The smallest absolute Gasteiger partial charge is 0.0641 e. The molecule has 24 heavy (non-hydrogen) atoms. The van der Waals surface area contributed by atoms with Gasteiger partial charge in [-0.1, -0.05) is 0 Å². The minimum atomic E-state index is 0.509. The fourth-order valence-electron chi connectivity index (χ4n) is 3.96. The Balaban J connectivity index is 1.77. The molecule has 1 aliphatic heterocycles.